The highest BCUT2D eigenvalue weighted by Gasteiger charge is 2.17. The third kappa shape index (κ3) is 4.22. The van der Waals surface area contributed by atoms with Crippen LogP contribution in [0.15, 0.2) is 46.9 Å². The van der Waals surface area contributed by atoms with E-state index in [0.29, 0.717) is 6.54 Å². The van der Waals surface area contributed by atoms with Gasteiger partial charge in [0.25, 0.3) is 0 Å². The van der Waals surface area contributed by atoms with Crippen LogP contribution in [0.25, 0.3) is 0 Å². The lowest BCUT2D eigenvalue weighted by molar-refractivity contribution is 0.0914. The average molecular weight is 360 g/mol. The molecule has 0 radical (unpaired) electrons. The number of hydrogen-bond acceptors (Lipinski definition) is 4. The quantitative estimate of drug-likeness (QED) is 0.754. The molecule has 1 amide bonds. The summed E-state index contributed by atoms with van der Waals surface area (Å²) >= 11 is 5.97. The van der Waals surface area contributed by atoms with Gasteiger partial charge in [-0.3, -0.25) is 4.79 Å². The third-order valence-corrected chi connectivity index (χ3v) is 3.98. The molecule has 0 unspecified atom stereocenters. The van der Waals surface area contributed by atoms with Gasteiger partial charge in [0.15, 0.2) is 0 Å². The molecule has 5 nitrogen and oxygen atoms in total. The molecule has 1 aromatic heterocycles. The number of aryl methyl sites for hydroxylation is 1. The highest BCUT2D eigenvalue weighted by atomic mass is 35.5. The van der Waals surface area contributed by atoms with E-state index < -0.39 is 11.7 Å². The molecule has 0 fully saturated rings. The van der Waals surface area contributed by atoms with Gasteiger partial charge in [0, 0.05) is 17.1 Å². The topological polar surface area (TPSA) is 68.0 Å². The van der Waals surface area contributed by atoms with Gasteiger partial charge in [0.05, 0.1) is 6.42 Å². The van der Waals surface area contributed by atoms with Crippen LogP contribution in [0.4, 0.5) is 4.39 Å². The molecule has 1 heterocycles. The van der Waals surface area contributed by atoms with Gasteiger partial charge < -0.3 is 9.73 Å². The minimum Gasteiger partial charge on any atom is -0.417 e. The first-order chi connectivity index (χ1) is 12.0. The van der Waals surface area contributed by atoms with Crippen molar-refractivity contribution in [1.82, 2.24) is 15.5 Å². The Hall–Kier alpha value is -2.73. The molecule has 2 aromatic carbocycles. The Morgan fingerprint density at radius 3 is 2.68 bits per heavy atom. The Balaban J connectivity index is 1.64. The number of rotatable bonds is 5. The Morgan fingerprint density at radius 2 is 1.96 bits per heavy atom. The van der Waals surface area contributed by atoms with E-state index >= 15 is 0 Å². The molecule has 0 saturated heterocycles. The minimum atomic E-state index is -0.487. The van der Waals surface area contributed by atoms with Gasteiger partial charge in [-0.2, -0.15) is 0 Å². The zero-order valence-corrected chi connectivity index (χ0v) is 14.2. The van der Waals surface area contributed by atoms with E-state index in [1.165, 1.54) is 12.1 Å². The van der Waals surface area contributed by atoms with E-state index in [2.05, 4.69) is 15.5 Å². The molecule has 0 aliphatic rings. The normalized spacial score (nSPS) is 10.7. The molecule has 7 heteroatoms. The number of nitrogens with zero attached hydrogens (tertiary/aromatic N) is 2. The fraction of sp³-hybridized carbons (Fsp3) is 0.167. The molecule has 0 bridgehead atoms. The molecule has 3 aromatic rings. The fourth-order valence-corrected chi connectivity index (χ4v) is 2.46. The van der Waals surface area contributed by atoms with Crippen LogP contribution in [0.3, 0.4) is 0 Å². The second-order valence-corrected chi connectivity index (χ2v) is 5.95. The SMILES string of the molecule is Cc1ccc(CNC(=O)c2nnc(Cc3c(F)cccc3Cl)o2)cc1. The second-order valence-electron chi connectivity index (χ2n) is 5.55. The van der Waals surface area contributed by atoms with E-state index in [4.69, 9.17) is 16.0 Å². The first kappa shape index (κ1) is 17.1. The fourth-order valence-electron chi connectivity index (χ4n) is 2.23. The number of nitrogens with one attached hydrogen (secondary N) is 1. The van der Waals surface area contributed by atoms with E-state index in [1.54, 1.807) is 6.07 Å². The van der Waals surface area contributed by atoms with Crippen molar-refractivity contribution < 1.29 is 13.6 Å². The molecule has 128 valence electrons. The molecule has 3 rings (SSSR count). The summed E-state index contributed by atoms with van der Waals surface area (Å²) in [6.45, 7) is 2.33. The molecular weight excluding hydrogens is 345 g/mol. The molecular formula is C18H15ClFN3O2. The van der Waals surface area contributed by atoms with Crippen LogP contribution < -0.4 is 5.32 Å². The number of amides is 1. The zero-order chi connectivity index (χ0) is 17.8. The van der Waals surface area contributed by atoms with Crippen LogP contribution in [0.5, 0.6) is 0 Å². The minimum absolute atomic E-state index is 0.0176. The van der Waals surface area contributed by atoms with Crippen molar-refractivity contribution in [1.29, 1.82) is 0 Å². The highest BCUT2D eigenvalue weighted by Crippen LogP contribution is 2.21. The Kier molecular flexibility index (Phi) is 5.09. The third-order valence-electron chi connectivity index (χ3n) is 3.62. The van der Waals surface area contributed by atoms with Gasteiger partial charge >= 0.3 is 11.8 Å². The second kappa shape index (κ2) is 7.44. The molecule has 0 aliphatic heterocycles. The predicted octanol–water partition coefficient (Wildman–Crippen LogP) is 3.69. The summed E-state index contributed by atoms with van der Waals surface area (Å²) in [7, 11) is 0. The number of halogens is 2. The van der Waals surface area contributed by atoms with E-state index in [0.717, 1.165) is 11.1 Å². The van der Waals surface area contributed by atoms with Crippen LogP contribution in [-0.4, -0.2) is 16.1 Å². The van der Waals surface area contributed by atoms with Gasteiger partial charge in [-0.05, 0) is 24.6 Å². The van der Waals surface area contributed by atoms with Crippen LogP contribution in [-0.2, 0) is 13.0 Å². The summed E-state index contributed by atoms with van der Waals surface area (Å²) < 4.78 is 19.1. The zero-order valence-electron chi connectivity index (χ0n) is 13.4. The van der Waals surface area contributed by atoms with Gasteiger partial charge in [-0.15, -0.1) is 10.2 Å². The largest absolute Gasteiger partial charge is 0.417 e. The average Bonchev–Trinajstić information content (AvgIpc) is 3.06. The molecule has 0 saturated carbocycles. The maximum absolute atomic E-state index is 13.8. The van der Waals surface area contributed by atoms with Crippen LogP contribution in [0, 0.1) is 12.7 Å². The van der Waals surface area contributed by atoms with Crippen molar-refractivity contribution in [2.45, 2.75) is 19.9 Å². The summed E-state index contributed by atoms with van der Waals surface area (Å²) in [5.74, 6) is -1.00. The maximum atomic E-state index is 13.8. The monoisotopic (exact) mass is 359 g/mol. The first-order valence-electron chi connectivity index (χ1n) is 7.62. The lowest BCUT2D eigenvalue weighted by atomic mass is 10.1. The van der Waals surface area contributed by atoms with Crippen molar-refractivity contribution in [2.75, 3.05) is 0 Å². The Bertz CT molecular complexity index is 873. The molecule has 0 aliphatic carbocycles. The van der Waals surface area contributed by atoms with Crippen molar-refractivity contribution in [3.63, 3.8) is 0 Å². The highest BCUT2D eigenvalue weighted by molar-refractivity contribution is 6.31. The van der Waals surface area contributed by atoms with E-state index in [1.807, 2.05) is 31.2 Å². The van der Waals surface area contributed by atoms with Crippen molar-refractivity contribution in [2.24, 2.45) is 0 Å². The molecule has 1 N–H and O–H groups in total. The van der Waals surface area contributed by atoms with Gasteiger partial charge in [0.2, 0.25) is 5.89 Å². The predicted molar refractivity (Wildman–Crippen MR) is 90.9 cm³/mol. The van der Waals surface area contributed by atoms with Crippen LogP contribution in [0.1, 0.15) is 33.3 Å². The summed E-state index contributed by atoms with van der Waals surface area (Å²) in [5, 5.41) is 10.4. The van der Waals surface area contributed by atoms with Crippen LogP contribution in [0.2, 0.25) is 5.02 Å². The van der Waals surface area contributed by atoms with Gasteiger partial charge in [-0.25, -0.2) is 4.39 Å². The summed E-state index contributed by atoms with van der Waals surface area (Å²) in [4.78, 5) is 12.1. The summed E-state index contributed by atoms with van der Waals surface area (Å²) in [6, 6.07) is 12.2. The molecule has 0 atom stereocenters. The lowest BCUT2D eigenvalue weighted by Gasteiger charge is -2.03. The summed E-state index contributed by atoms with van der Waals surface area (Å²) in [5.41, 5.74) is 2.35. The number of benzene rings is 2. The van der Waals surface area contributed by atoms with Gasteiger partial charge in [0.1, 0.15) is 5.82 Å². The Morgan fingerprint density at radius 1 is 1.20 bits per heavy atom. The van der Waals surface area contributed by atoms with Crippen molar-refractivity contribution >= 4 is 17.5 Å². The lowest BCUT2D eigenvalue weighted by Crippen LogP contribution is -2.23. The molecule has 25 heavy (non-hydrogen) atoms. The standard InChI is InChI=1S/C18H15ClFN3O2/c1-11-5-7-12(8-6-11)10-21-17(24)18-23-22-16(25-18)9-13-14(19)3-2-4-15(13)20/h2-8H,9-10H2,1H3,(H,21,24). The number of hydrogen-bond donors (Lipinski definition) is 1. The Labute approximate surface area is 148 Å². The summed E-state index contributed by atoms with van der Waals surface area (Å²) in [6.07, 6.45) is 0.0176. The number of aromatic nitrogens is 2. The van der Waals surface area contributed by atoms with Crippen molar-refractivity contribution in [3.05, 3.63) is 81.8 Å². The first-order valence-corrected chi connectivity index (χ1v) is 8.00. The van der Waals surface area contributed by atoms with E-state index in [-0.39, 0.29) is 28.8 Å². The maximum Gasteiger partial charge on any atom is 0.309 e. The van der Waals surface area contributed by atoms with Crippen molar-refractivity contribution in [3.8, 4) is 0 Å². The number of carbonyl (C=O) groups excluding carboxylic acids is 1. The van der Waals surface area contributed by atoms with Gasteiger partial charge in [-0.1, -0.05) is 47.5 Å². The molecule has 0 spiro atoms. The van der Waals surface area contributed by atoms with Crippen LogP contribution >= 0.6 is 11.6 Å². The smallest absolute Gasteiger partial charge is 0.309 e. The number of carbonyl (C=O) groups is 1. The van der Waals surface area contributed by atoms with E-state index in [9.17, 15) is 9.18 Å².